The summed E-state index contributed by atoms with van der Waals surface area (Å²) in [5, 5.41) is 3.50. The molecule has 2 aromatic carbocycles. The van der Waals surface area contributed by atoms with Crippen LogP contribution < -0.4 is 10.1 Å². The topological polar surface area (TPSA) is 64.4 Å². The molecule has 0 atom stereocenters. The van der Waals surface area contributed by atoms with E-state index in [2.05, 4.69) is 10.3 Å². The molecule has 0 spiro atoms. The van der Waals surface area contributed by atoms with Gasteiger partial charge in [-0.15, -0.1) is 0 Å². The highest BCUT2D eigenvalue weighted by molar-refractivity contribution is 6.31. The van der Waals surface area contributed by atoms with Crippen molar-refractivity contribution in [2.24, 2.45) is 0 Å². The van der Waals surface area contributed by atoms with E-state index in [0.29, 0.717) is 42.7 Å². The van der Waals surface area contributed by atoms with E-state index >= 15 is 0 Å². The van der Waals surface area contributed by atoms with Gasteiger partial charge in [-0.25, -0.2) is 4.98 Å². The van der Waals surface area contributed by atoms with Crippen LogP contribution in [0.1, 0.15) is 24.8 Å². The average molecular weight is 385 g/mol. The maximum Gasteiger partial charge on any atom is 0.220 e. The molecule has 3 rings (SSSR count). The Balaban J connectivity index is 1.50. The Hall–Kier alpha value is -2.79. The highest BCUT2D eigenvalue weighted by atomic mass is 35.5. The molecule has 27 heavy (non-hydrogen) atoms. The van der Waals surface area contributed by atoms with Crippen molar-refractivity contribution >= 4 is 17.5 Å². The van der Waals surface area contributed by atoms with E-state index in [4.69, 9.17) is 20.8 Å². The highest BCUT2D eigenvalue weighted by Gasteiger charge is 2.10. The van der Waals surface area contributed by atoms with E-state index in [9.17, 15) is 4.79 Å². The molecule has 6 heteroatoms. The SMILES string of the molecule is CCOc1ccc(-c2cnc(CCC(=O)NCc3ccccc3Cl)o2)cc1. The van der Waals surface area contributed by atoms with Gasteiger partial charge in [-0.3, -0.25) is 4.79 Å². The number of hydrogen-bond acceptors (Lipinski definition) is 4. The zero-order valence-corrected chi connectivity index (χ0v) is 15.8. The third kappa shape index (κ3) is 5.34. The first kappa shape index (κ1) is 19.0. The lowest BCUT2D eigenvalue weighted by molar-refractivity contribution is -0.121. The fourth-order valence-corrected chi connectivity index (χ4v) is 2.79. The summed E-state index contributed by atoms with van der Waals surface area (Å²) in [5.41, 5.74) is 1.81. The van der Waals surface area contributed by atoms with Crippen LogP contribution in [0.4, 0.5) is 0 Å². The van der Waals surface area contributed by atoms with Crippen molar-refractivity contribution in [2.75, 3.05) is 6.61 Å². The minimum atomic E-state index is -0.0734. The molecule has 1 N–H and O–H groups in total. The summed E-state index contributed by atoms with van der Waals surface area (Å²) in [6.07, 6.45) is 2.41. The summed E-state index contributed by atoms with van der Waals surface area (Å²) in [6, 6.07) is 15.1. The summed E-state index contributed by atoms with van der Waals surface area (Å²) < 4.78 is 11.2. The van der Waals surface area contributed by atoms with Gasteiger partial charge in [-0.05, 0) is 42.8 Å². The molecule has 3 aromatic rings. The molecule has 0 saturated carbocycles. The van der Waals surface area contributed by atoms with Crippen LogP contribution in [-0.4, -0.2) is 17.5 Å². The number of benzene rings is 2. The van der Waals surface area contributed by atoms with E-state index in [-0.39, 0.29) is 5.91 Å². The van der Waals surface area contributed by atoms with Crippen molar-refractivity contribution in [1.82, 2.24) is 10.3 Å². The smallest absolute Gasteiger partial charge is 0.220 e. The number of aromatic nitrogens is 1. The fourth-order valence-electron chi connectivity index (χ4n) is 2.59. The summed E-state index contributed by atoms with van der Waals surface area (Å²) in [5.74, 6) is 1.95. The number of oxazole rings is 1. The normalized spacial score (nSPS) is 10.6. The number of ether oxygens (including phenoxy) is 1. The van der Waals surface area contributed by atoms with Gasteiger partial charge in [0, 0.05) is 30.0 Å². The van der Waals surface area contributed by atoms with Crippen LogP contribution in [0.5, 0.6) is 5.75 Å². The molecule has 0 bridgehead atoms. The van der Waals surface area contributed by atoms with Gasteiger partial charge in [-0.2, -0.15) is 0 Å². The van der Waals surface area contributed by atoms with Gasteiger partial charge in [0.15, 0.2) is 11.7 Å². The minimum Gasteiger partial charge on any atom is -0.494 e. The lowest BCUT2D eigenvalue weighted by Crippen LogP contribution is -2.23. The Morgan fingerprint density at radius 1 is 1.19 bits per heavy atom. The van der Waals surface area contributed by atoms with Gasteiger partial charge < -0.3 is 14.5 Å². The quantitative estimate of drug-likeness (QED) is 0.614. The zero-order chi connectivity index (χ0) is 19.1. The van der Waals surface area contributed by atoms with Gasteiger partial charge in [0.05, 0.1) is 12.8 Å². The Bertz CT molecular complexity index is 890. The Morgan fingerprint density at radius 2 is 1.96 bits per heavy atom. The molecular weight excluding hydrogens is 364 g/mol. The lowest BCUT2D eigenvalue weighted by Gasteiger charge is -2.06. The van der Waals surface area contributed by atoms with Crippen molar-refractivity contribution in [3.63, 3.8) is 0 Å². The number of nitrogens with one attached hydrogen (secondary N) is 1. The molecule has 0 aliphatic heterocycles. The summed E-state index contributed by atoms with van der Waals surface area (Å²) in [4.78, 5) is 16.3. The van der Waals surface area contributed by atoms with E-state index in [1.807, 2.05) is 49.4 Å². The van der Waals surface area contributed by atoms with E-state index < -0.39 is 0 Å². The molecular formula is C21H21ClN2O3. The summed E-state index contributed by atoms with van der Waals surface area (Å²) >= 11 is 6.08. The highest BCUT2D eigenvalue weighted by Crippen LogP contribution is 2.23. The average Bonchev–Trinajstić information content (AvgIpc) is 3.16. The fraction of sp³-hybridized carbons (Fsp3) is 0.238. The number of nitrogens with zero attached hydrogens (tertiary/aromatic N) is 1. The van der Waals surface area contributed by atoms with Crippen molar-refractivity contribution in [3.05, 3.63) is 71.2 Å². The maximum absolute atomic E-state index is 12.0. The van der Waals surface area contributed by atoms with Crippen molar-refractivity contribution in [2.45, 2.75) is 26.3 Å². The molecule has 1 heterocycles. The minimum absolute atomic E-state index is 0.0734. The Morgan fingerprint density at radius 3 is 2.70 bits per heavy atom. The van der Waals surface area contributed by atoms with E-state index in [1.54, 1.807) is 12.3 Å². The van der Waals surface area contributed by atoms with Crippen molar-refractivity contribution in [1.29, 1.82) is 0 Å². The number of rotatable bonds is 8. The number of carbonyl (C=O) groups is 1. The van der Waals surface area contributed by atoms with Crippen LogP contribution in [0.2, 0.25) is 5.02 Å². The summed E-state index contributed by atoms with van der Waals surface area (Å²) in [7, 11) is 0. The molecule has 1 amide bonds. The number of halogens is 1. The molecule has 140 valence electrons. The number of carbonyl (C=O) groups excluding carboxylic acids is 1. The number of hydrogen-bond donors (Lipinski definition) is 1. The van der Waals surface area contributed by atoms with E-state index in [0.717, 1.165) is 16.9 Å². The first-order chi connectivity index (χ1) is 13.2. The third-order valence-corrected chi connectivity index (χ3v) is 4.37. The predicted molar refractivity (Wildman–Crippen MR) is 105 cm³/mol. The van der Waals surface area contributed by atoms with Crippen LogP contribution >= 0.6 is 11.6 Å². The predicted octanol–water partition coefficient (Wildman–Crippen LogP) is 4.64. The third-order valence-electron chi connectivity index (χ3n) is 4.00. The molecule has 0 saturated heterocycles. The van der Waals surface area contributed by atoms with Gasteiger partial charge in [-0.1, -0.05) is 29.8 Å². The van der Waals surface area contributed by atoms with Crippen LogP contribution in [0.25, 0.3) is 11.3 Å². The Labute approximate surface area is 163 Å². The first-order valence-electron chi connectivity index (χ1n) is 8.83. The molecule has 0 radical (unpaired) electrons. The second-order valence-corrected chi connectivity index (χ2v) is 6.35. The van der Waals surface area contributed by atoms with Crippen LogP contribution in [0.3, 0.4) is 0 Å². The molecule has 0 aliphatic carbocycles. The van der Waals surface area contributed by atoms with Crippen LogP contribution in [0.15, 0.2) is 59.1 Å². The lowest BCUT2D eigenvalue weighted by atomic mass is 10.2. The zero-order valence-electron chi connectivity index (χ0n) is 15.1. The maximum atomic E-state index is 12.0. The standard InChI is InChI=1S/C21H21ClN2O3/c1-2-26-17-9-7-15(8-10-17)19-14-24-21(27-19)12-11-20(25)23-13-16-5-3-4-6-18(16)22/h3-10,14H,2,11-13H2,1H3,(H,23,25). The Kier molecular flexibility index (Phi) is 6.49. The monoisotopic (exact) mass is 384 g/mol. The van der Waals surface area contributed by atoms with Crippen LogP contribution in [0, 0.1) is 0 Å². The van der Waals surface area contributed by atoms with Gasteiger partial charge in [0.1, 0.15) is 5.75 Å². The second-order valence-electron chi connectivity index (χ2n) is 5.94. The first-order valence-corrected chi connectivity index (χ1v) is 9.21. The summed E-state index contributed by atoms with van der Waals surface area (Å²) in [6.45, 7) is 2.98. The van der Waals surface area contributed by atoms with Crippen molar-refractivity contribution < 1.29 is 13.9 Å². The van der Waals surface area contributed by atoms with Gasteiger partial charge in [0.2, 0.25) is 5.91 Å². The largest absolute Gasteiger partial charge is 0.494 e. The molecule has 5 nitrogen and oxygen atoms in total. The molecule has 0 aliphatic rings. The van der Waals surface area contributed by atoms with Crippen LogP contribution in [-0.2, 0) is 17.8 Å². The molecule has 0 fully saturated rings. The number of amides is 1. The molecule has 1 aromatic heterocycles. The van der Waals surface area contributed by atoms with Crippen molar-refractivity contribution in [3.8, 4) is 17.1 Å². The number of aryl methyl sites for hydroxylation is 1. The molecule has 0 unspecified atom stereocenters. The second kappa shape index (κ2) is 9.24. The van der Waals surface area contributed by atoms with Gasteiger partial charge >= 0.3 is 0 Å². The van der Waals surface area contributed by atoms with Gasteiger partial charge in [0.25, 0.3) is 0 Å². The van der Waals surface area contributed by atoms with E-state index in [1.165, 1.54) is 0 Å².